The van der Waals surface area contributed by atoms with E-state index in [-0.39, 0.29) is 0 Å². The number of carboxylic acid groups (broad SMARTS) is 1. The number of amides is 2. The minimum atomic E-state index is -1.06. The number of aryl methyl sites for hydroxylation is 1. The summed E-state index contributed by atoms with van der Waals surface area (Å²) in [6, 6.07) is 6.35. The molecular formula is C12H16N2O3. The maximum absolute atomic E-state index is 11.3. The Labute approximate surface area is 99.8 Å². The van der Waals surface area contributed by atoms with Gasteiger partial charge in [-0.3, -0.25) is 4.79 Å². The minimum absolute atomic E-state index is 0.375. The van der Waals surface area contributed by atoms with Crippen molar-refractivity contribution in [1.29, 1.82) is 0 Å². The summed E-state index contributed by atoms with van der Waals surface area (Å²) in [5.74, 6) is -1.06. The predicted octanol–water partition coefficient (Wildman–Crippen LogP) is 1.27. The third kappa shape index (κ3) is 4.55. The highest BCUT2D eigenvalue weighted by molar-refractivity contribution is 5.82. The number of benzene rings is 1. The highest BCUT2D eigenvalue weighted by Crippen LogP contribution is 2.02. The largest absolute Gasteiger partial charge is 0.480 e. The maximum Gasteiger partial charge on any atom is 0.325 e. The molecule has 0 saturated carbocycles. The van der Waals surface area contributed by atoms with Gasteiger partial charge in [-0.1, -0.05) is 29.8 Å². The smallest absolute Gasteiger partial charge is 0.325 e. The highest BCUT2D eigenvalue weighted by atomic mass is 16.4. The van der Waals surface area contributed by atoms with Crippen molar-refractivity contribution >= 4 is 12.0 Å². The summed E-state index contributed by atoms with van der Waals surface area (Å²) >= 11 is 0. The fourth-order valence-electron chi connectivity index (χ4n) is 1.31. The quantitative estimate of drug-likeness (QED) is 0.736. The first-order chi connectivity index (χ1) is 7.99. The third-order valence-corrected chi connectivity index (χ3v) is 2.25. The Bertz CT molecular complexity index is 418. The zero-order valence-electron chi connectivity index (χ0n) is 9.86. The van der Waals surface area contributed by atoms with E-state index < -0.39 is 18.0 Å². The molecule has 0 bridgehead atoms. The number of carboxylic acids is 1. The van der Waals surface area contributed by atoms with E-state index in [1.807, 2.05) is 31.2 Å². The Kier molecular flexibility index (Phi) is 4.51. The van der Waals surface area contributed by atoms with Crippen LogP contribution in [0, 0.1) is 6.92 Å². The van der Waals surface area contributed by atoms with Gasteiger partial charge in [0.15, 0.2) is 0 Å². The van der Waals surface area contributed by atoms with Crippen molar-refractivity contribution < 1.29 is 14.7 Å². The normalized spacial score (nSPS) is 11.6. The fraction of sp³-hybridized carbons (Fsp3) is 0.333. The molecule has 92 valence electrons. The number of aliphatic carboxylic acids is 1. The SMILES string of the molecule is Cc1cccc(CNC(=O)NC(C)C(=O)O)c1. The molecule has 0 fully saturated rings. The van der Waals surface area contributed by atoms with Crippen molar-refractivity contribution in [1.82, 2.24) is 10.6 Å². The lowest BCUT2D eigenvalue weighted by molar-refractivity contribution is -0.138. The number of hydrogen-bond donors (Lipinski definition) is 3. The Morgan fingerprint density at radius 2 is 2.12 bits per heavy atom. The van der Waals surface area contributed by atoms with E-state index in [9.17, 15) is 9.59 Å². The van der Waals surface area contributed by atoms with Crippen LogP contribution in [0.15, 0.2) is 24.3 Å². The van der Waals surface area contributed by atoms with E-state index in [4.69, 9.17) is 5.11 Å². The van der Waals surface area contributed by atoms with Crippen LogP contribution in [0.25, 0.3) is 0 Å². The Morgan fingerprint density at radius 1 is 1.41 bits per heavy atom. The molecule has 1 unspecified atom stereocenters. The summed E-state index contributed by atoms with van der Waals surface area (Å²) in [7, 11) is 0. The molecular weight excluding hydrogens is 220 g/mol. The van der Waals surface area contributed by atoms with Gasteiger partial charge in [-0.25, -0.2) is 4.79 Å². The van der Waals surface area contributed by atoms with Crippen molar-refractivity contribution in [3.8, 4) is 0 Å². The van der Waals surface area contributed by atoms with Crippen LogP contribution in [-0.4, -0.2) is 23.1 Å². The number of urea groups is 1. The van der Waals surface area contributed by atoms with Crippen molar-refractivity contribution in [3.05, 3.63) is 35.4 Å². The molecule has 2 amide bonds. The molecule has 3 N–H and O–H groups in total. The van der Waals surface area contributed by atoms with E-state index in [0.29, 0.717) is 6.54 Å². The Balaban J connectivity index is 2.41. The van der Waals surface area contributed by atoms with Gasteiger partial charge in [0.2, 0.25) is 0 Å². The van der Waals surface area contributed by atoms with Gasteiger partial charge in [0.1, 0.15) is 6.04 Å². The predicted molar refractivity (Wildman–Crippen MR) is 63.6 cm³/mol. The van der Waals surface area contributed by atoms with Crippen molar-refractivity contribution in [2.45, 2.75) is 26.4 Å². The average Bonchev–Trinajstić information content (AvgIpc) is 2.26. The van der Waals surface area contributed by atoms with Crippen LogP contribution in [0.5, 0.6) is 0 Å². The first-order valence-corrected chi connectivity index (χ1v) is 5.32. The van der Waals surface area contributed by atoms with Gasteiger partial charge in [-0.15, -0.1) is 0 Å². The topological polar surface area (TPSA) is 78.4 Å². The van der Waals surface area contributed by atoms with Gasteiger partial charge < -0.3 is 15.7 Å². The van der Waals surface area contributed by atoms with Crippen LogP contribution in [0.1, 0.15) is 18.1 Å². The van der Waals surface area contributed by atoms with Crippen LogP contribution < -0.4 is 10.6 Å². The highest BCUT2D eigenvalue weighted by Gasteiger charge is 2.12. The molecule has 0 aromatic heterocycles. The summed E-state index contributed by atoms with van der Waals surface area (Å²) < 4.78 is 0. The summed E-state index contributed by atoms with van der Waals surface area (Å²) in [6.07, 6.45) is 0. The molecule has 5 heteroatoms. The monoisotopic (exact) mass is 236 g/mol. The molecule has 0 aliphatic rings. The van der Waals surface area contributed by atoms with Crippen LogP contribution in [0.3, 0.4) is 0 Å². The molecule has 1 rings (SSSR count). The fourth-order valence-corrected chi connectivity index (χ4v) is 1.31. The molecule has 0 aliphatic heterocycles. The zero-order valence-corrected chi connectivity index (χ0v) is 9.86. The number of carbonyl (C=O) groups is 2. The second-order valence-electron chi connectivity index (χ2n) is 3.88. The lowest BCUT2D eigenvalue weighted by Crippen LogP contribution is -2.44. The number of nitrogens with one attached hydrogen (secondary N) is 2. The van der Waals surface area contributed by atoms with E-state index in [2.05, 4.69) is 10.6 Å². The van der Waals surface area contributed by atoms with E-state index >= 15 is 0 Å². The van der Waals surface area contributed by atoms with Crippen LogP contribution >= 0.6 is 0 Å². The summed E-state index contributed by atoms with van der Waals surface area (Å²) in [4.78, 5) is 21.8. The minimum Gasteiger partial charge on any atom is -0.480 e. The van der Waals surface area contributed by atoms with Gasteiger partial charge in [0, 0.05) is 6.54 Å². The second kappa shape index (κ2) is 5.89. The van der Waals surface area contributed by atoms with Crippen LogP contribution in [-0.2, 0) is 11.3 Å². The Hall–Kier alpha value is -2.04. The molecule has 0 radical (unpaired) electrons. The van der Waals surface area contributed by atoms with Crippen LogP contribution in [0.2, 0.25) is 0 Å². The second-order valence-corrected chi connectivity index (χ2v) is 3.88. The van der Waals surface area contributed by atoms with Gasteiger partial charge in [0.05, 0.1) is 0 Å². The van der Waals surface area contributed by atoms with Crippen molar-refractivity contribution in [3.63, 3.8) is 0 Å². The van der Waals surface area contributed by atoms with Gasteiger partial charge in [-0.2, -0.15) is 0 Å². The molecule has 0 aliphatic carbocycles. The van der Waals surface area contributed by atoms with Gasteiger partial charge in [0.25, 0.3) is 0 Å². The third-order valence-electron chi connectivity index (χ3n) is 2.25. The van der Waals surface area contributed by atoms with Crippen molar-refractivity contribution in [2.24, 2.45) is 0 Å². The number of hydrogen-bond acceptors (Lipinski definition) is 2. The molecule has 1 aromatic carbocycles. The average molecular weight is 236 g/mol. The Morgan fingerprint density at radius 3 is 2.71 bits per heavy atom. The lowest BCUT2D eigenvalue weighted by atomic mass is 10.1. The number of rotatable bonds is 4. The van der Waals surface area contributed by atoms with E-state index in [1.165, 1.54) is 6.92 Å². The first kappa shape index (κ1) is 13.0. The first-order valence-electron chi connectivity index (χ1n) is 5.32. The van der Waals surface area contributed by atoms with Gasteiger partial charge in [-0.05, 0) is 19.4 Å². The maximum atomic E-state index is 11.3. The molecule has 1 aromatic rings. The summed E-state index contributed by atoms with van der Waals surface area (Å²) in [6.45, 7) is 3.75. The van der Waals surface area contributed by atoms with Gasteiger partial charge >= 0.3 is 12.0 Å². The summed E-state index contributed by atoms with van der Waals surface area (Å²) in [5, 5.41) is 13.5. The molecule has 17 heavy (non-hydrogen) atoms. The summed E-state index contributed by atoms with van der Waals surface area (Å²) in [5.41, 5.74) is 2.09. The molecule has 0 heterocycles. The van der Waals surface area contributed by atoms with Crippen LogP contribution in [0.4, 0.5) is 4.79 Å². The molecule has 1 atom stereocenters. The molecule has 0 saturated heterocycles. The molecule has 5 nitrogen and oxygen atoms in total. The van der Waals surface area contributed by atoms with E-state index in [1.54, 1.807) is 0 Å². The molecule has 0 spiro atoms. The lowest BCUT2D eigenvalue weighted by Gasteiger charge is -2.10. The van der Waals surface area contributed by atoms with Crippen molar-refractivity contribution in [2.75, 3.05) is 0 Å². The van der Waals surface area contributed by atoms with E-state index in [0.717, 1.165) is 11.1 Å². The number of carbonyl (C=O) groups excluding carboxylic acids is 1. The standard InChI is InChI=1S/C12H16N2O3/c1-8-4-3-5-10(6-8)7-13-12(17)14-9(2)11(15)16/h3-6,9H,7H2,1-2H3,(H,15,16)(H2,13,14,17). The zero-order chi connectivity index (χ0) is 12.8.